The second kappa shape index (κ2) is 10.8. The van der Waals surface area contributed by atoms with Crippen LogP contribution in [0.3, 0.4) is 0 Å². The van der Waals surface area contributed by atoms with Crippen molar-refractivity contribution in [2.24, 2.45) is 0 Å². The monoisotopic (exact) mass is 528 g/mol. The van der Waals surface area contributed by atoms with Gasteiger partial charge in [-0.3, -0.25) is 9.52 Å². The Morgan fingerprint density at radius 2 is 1.66 bits per heavy atom. The lowest BCUT2D eigenvalue weighted by Crippen LogP contribution is -2.15. The molecule has 0 fully saturated rings. The Morgan fingerprint density at radius 1 is 0.938 bits per heavy atom. The zero-order chi connectivity index (χ0) is 23.3. The van der Waals surface area contributed by atoms with Crippen LogP contribution in [-0.2, 0) is 20.6 Å². The molecule has 10 heteroatoms. The molecule has 0 saturated carbocycles. The average molecular weight is 530 g/mol. The highest BCUT2D eigenvalue weighted by Gasteiger charge is 2.16. The second-order valence-corrected chi connectivity index (χ2v) is 10.8. The van der Waals surface area contributed by atoms with Crippen LogP contribution in [0.25, 0.3) is 0 Å². The first-order valence-electron chi connectivity index (χ1n) is 9.34. The molecule has 0 unspecified atom stereocenters. The summed E-state index contributed by atoms with van der Waals surface area (Å²) in [5.41, 5.74) is 2.63. The number of thioether (sulfide) groups is 1. The van der Waals surface area contributed by atoms with Gasteiger partial charge in [0.25, 0.3) is 10.0 Å². The van der Waals surface area contributed by atoms with E-state index in [0.717, 1.165) is 11.1 Å². The van der Waals surface area contributed by atoms with E-state index < -0.39 is 10.0 Å². The molecular formula is C22H19Cl3N2O3S2. The zero-order valence-electron chi connectivity index (χ0n) is 16.9. The average Bonchev–Trinajstić information content (AvgIpc) is 2.73. The van der Waals surface area contributed by atoms with Gasteiger partial charge < -0.3 is 5.32 Å². The van der Waals surface area contributed by atoms with E-state index in [9.17, 15) is 13.2 Å². The predicted octanol–water partition coefficient (Wildman–Crippen LogP) is 6.63. The first-order chi connectivity index (χ1) is 15.1. The van der Waals surface area contributed by atoms with Gasteiger partial charge in [0.2, 0.25) is 5.91 Å². The zero-order valence-corrected chi connectivity index (χ0v) is 20.8. The van der Waals surface area contributed by atoms with Gasteiger partial charge in [0.15, 0.2) is 0 Å². The molecular weight excluding hydrogens is 511 g/mol. The molecule has 2 N–H and O–H groups in total. The molecule has 1 amide bonds. The fraction of sp³-hybridized carbons (Fsp3) is 0.136. The van der Waals surface area contributed by atoms with E-state index in [0.29, 0.717) is 32.2 Å². The van der Waals surface area contributed by atoms with Crippen molar-refractivity contribution >= 4 is 73.9 Å². The van der Waals surface area contributed by atoms with E-state index in [1.54, 1.807) is 49.4 Å². The molecule has 0 aliphatic carbocycles. The summed E-state index contributed by atoms with van der Waals surface area (Å²) in [4.78, 5) is 12.3. The van der Waals surface area contributed by atoms with E-state index >= 15 is 0 Å². The number of halogens is 3. The smallest absolute Gasteiger partial charge is 0.261 e. The molecule has 0 aromatic heterocycles. The van der Waals surface area contributed by atoms with Crippen molar-refractivity contribution in [1.82, 2.24) is 0 Å². The van der Waals surface area contributed by atoms with Gasteiger partial charge in [-0.25, -0.2) is 8.42 Å². The van der Waals surface area contributed by atoms with Crippen LogP contribution in [0, 0.1) is 6.92 Å². The Kier molecular flexibility index (Phi) is 8.36. The van der Waals surface area contributed by atoms with Gasteiger partial charge >= 0.3 is 0 Å². The number of rotatable bonds is 8. The summed E-state index contributed by atoms with van der Waals surface area (Å²) in [5.74, 6) is 0.643. The van der Waals surface area contributed by atoms with E-state index in [4.69, 9.17) is 34.8 Å². The van der Waals surface area contributed by atoms with Crippen LogP contribution in [0.4, 0.5) is 11.4 Å². The number of nitrogens with one attached hydrogen (secondary N) is 2. The van der Waals surface area contributed by atoms with Crippen molar-refractivity contribution in [3.8, 4) is 0 Å². The third-order valence-electron chi connectivity index (χ3n) is 4.38. The van der Waals surface area contributed by atoms with Crippen LogP contribution < -0.4 is 10.0 Å². The van der Waals surface area contributed by atoms with Gasteiger partial charge in [0.05, 0.1) is 26.4 Å². The number of carbonyl (C=O) groups is 1. The van der Waals surface area contributed by atoms with E-state index in [-0.39, 0.29) is 16.6 Å². The Hall–Kier alpha value is -1.90. The maximum atomic E-state index is 12.7. The van der Waals surface area contributed by atoms with Gasteiger partial charge in [-0.15, -0.1) is 11.8 Å². The van der Waals surface area contributed by atoms with Crippen molar-refractivity contribution in [3.05, 3.63) is 86.9 Å². The van der Waals surface area contributed by atoms with Gasteiger partial charge in [0.1, 0.15) is 0 Å². The molecule has 0 atom stereocenters. The maximum absolute atomic E-state index is 12.7. The molecule has 0 heterocycles. The van der Waals surface area contributed by atoms with Gasteiger partial charge in [-0.2, -0.15) is 0 Å². The number of sulfonamides is 1. The van der Waals surface area contributed by atoms with Crippen LogP contribution in [0.1, 0.15) is 11.1 Å². The molecule has 0 saturated heterocycles. The number of aryl methyl sites for hydroxylation is 1. The topological polar surface area (TPSA) is 75.3 Å². The minimum absolute atomic E-state index is 0.0730. The number of hydrogen-bond donors (Lipinski definition) is 2. The lowest BCUT2D eigenvalue weighted by molar-refractivity contribution is -0.113. The predicted molar refractivity (Wildman–Crippen MR) is 135 cm³/mol. The van der Waals surface area contributed by atoms with E-state index in [1.165, 1.54) is 23.9 Å². The van der Waals surface area contributed by atoms with E-state index in [2.05, 4.69) is 10.0 Å². The number of benzene rings is 3. The first kappa shape index (κ1) is 24.7. The van der Waals surface area contributed by atoms with Crippen LogP contribution in [0.15, 0.2) is 65.6 Å². The van der Waals surface area contributed by atoms with Crippen molar-refractivity contribution in [2.75, 3.05) is 15.8 Å². The lowest BCUT2D eigenvalue weighted by atomic mass is 10.2. The number of anilines is 2. The second-order valence-electron chi connectivity index (χ2n) is 6.88. The molecule has 168 valence electrons. The first-order valence-corrected chi connectivity index (χ1v) is 13.1. The molecule has 3 aromatic carbocycles. The molecule has 0 radical (unpaired) electrons. The van der Waals surface area contributed by atoms with Crippen molar-refractivity contribution < 1.29 is 13.2 Å². The van der Waals surface area contributed by atoms with Gasteiger partial charge in [-0.05, 0) is 66.6 Å². The molecule has 5 nitrogen and oxygen atoms in total. The summed E-state index contributed by atoms with van der Waals surface area (Å²) < 4.78 is 27.8. The van der Waals surface area contributed by atoms with Gasteiger partial charge in [0, 0.05) is 16.5 Å². The Balaban J connectivity index is 1.55. The number of amides is 1. The summed E-state index contributed by atoms with van der Waals surface area (Å²) in [5, 5.41) is 4.15. The minimum Gasteiger partial charge on any atom is -0.325 e. The van der Waals surface area contributed by atoms with Crippen LogP contribution >= 0.6 is 46.6 Å². The Labute approximate surface area is 206 Å². The van der Waals surface area contributed by atoms with E-state index in [1.807, 2.05) is 6.07 Å². The summed E-state index contributed by atoms with van der Waals surface area (Å²) in [6.07, 6.45) is 0. The fourth-order valence-electron chi connectivity index (χ4n) is 2.71. The highest BCUT2D eigenvalue weighted by Crippen LogP contribution is 2.26. The van der Waals surface area contributed by atoms with Crippen LogP contribution in [-0.4, -0.2) is 20.1 Å². The summed E-state index contributed by atoms with van der Waals surface area (Å²) in [7, 11) is -3.79. The molecule has 0 spiro atoms. The third kappa shape index (κ3) is 6.80. The Bertz CT molecular complexity index is 1230. The summed E-state index contributed by atoms with van der Waals surface area (Å²) in [6, 6.07) is 16.3. The van der Waals surface area contributed by atoms with Gasteiger partial charge in [-0.1, -0.05) is 46.9 Å². The number of carbonyl (C=O) groups excluding carboxylic acids is 1. The molecule has 0 bridgehead atoms. The Morgan fingerprint density at radius 3 is 2.34 bits per heavy atom. The molecule has 0 aliphatic heterocycles. The minimum atomic E-state index is -3.79. The summed E-state index contributed by atoms with van der Waals surface area (Å²) >= 11 is 19.3. The largest absolute Gasteiger partial charge is 0.325 e. The highest BCUT2D eigenvalue weighted by molar-refractivity contribution is 7.99. The normalized spacial score (nSPS) is 11.2. The molecule has 3 rings (SSSR count). The van der Waals surface area contributed by atoms with Crippen LogP contribution in [0.2, 0.25) is 15.1 Å². The molecule has 0 aliphatic rings. The SMILES string of the molecule is Cc1ccc(Cl)cc1NS(=O)(=O)c1ccc(NC(=O)CSCc2ccc(Cl)c(Cl)c2)cc1. The molecule has 32 heavy (non-hydrogen) atoms. The quantitative estimate of drug-likeness (QED) is 0.343. The maximum Gasteiger partial charge on any atom is 0.261 e. The van der Waals surface area contributed by atoms with Crippen LogP contribution in [0.5, 0.6) is 0 Å². The standard InChI is InChI=1S/C22H19Cl3N2O3S2/c1-14-2-4-16(23)11-21(14)27-32(29,30)18-7-5-17(6-8-18)26-22(28)13-31-12-15-3-9-19(24)20(25)10-15/h2-11,27H,12-13H2,1H3,(H,26,28). The fourth-order valence-corrected chi connectivity index (χ4v) is 5.10. The third-order valence-corrected chi connectivity index (χ3v) is 7.74. The van der Waals surface area contributed by atoms with Crippen molar-refractivity contribution in [1.29, 1.82) is 0 Å². The molecule has 3 aromatic rings. The highest BCUT2D eigenvalue weighted by atomic mass is 35.5. The number of hydrogen-bond acceptors (Lipinski definition) is 4. The lowest BCUT2D eigenvalue weighted by Gasteiger charge is -2.12. The van der Waals surface area contributed by atoms with Crippen molar-refractivity contribution in [2.45, 2.75) is 17.6 Å². The summed E-state index contributed by atoms with van der Waals surface area (Å²) in [6.45, 7) is 1.78. The van der Waals surface area contributed by atoms with Crippen molar-refractivity contribution in [3.63, 3.8) is 0 Å².